The molecule has 106 valence electrons. The van der Waals surface area contributed by atoms with Crippen molar-refractivity contribution >= 4 is 17.2 Å². The van der Waals surface area contributed by atoms with E-state index in [9.17, 15) is 9.59 Å². The van der Waals surface area contributed by atoms with Gasteiger partial charge in [-0.15, -0.1) is 0 Å². The number of hydrogen-bond acceptors (Lipinski definition) is 3. The zero-order valence-corrected chi connectivity index (χ0v) is 11.2. The summed E-state index contributed by atoms with van der Waals surface area (Å²) in [6.45, 7) is 1.12. The summed E-state index contributed by atoms with van der Waals surface area (Å²) in [5.41, 5.74) is 2.51. The number of likely N-dealkylation sites (tertiary alicyclic amines) is 1. The van der Waals surface area contributed by atoms with E-state index in [1.807, 2.05) is 18.2 Å². The van der Waals surface area contributed by atoms with Crippen LogP contribution < -0.4 is 5.76 Å². The normalized spacial score (nSPS) is 16.8. The second-order valence-electron chi connectivity index (χ2n) is 5.20. The average molecular weight is 276 g/mol. The van der Waals surface area contributed by atoms with E-state index in [-0.39, 0.29) is 5.76 Å². The molecule has 1 aliphatic heterocycles. The molecule has 1 fully saturated rings. The second kappa shape index (κ2) is 4.70. The molecule has 1 aliphatic rings. The summed E-state index contributed by atoms with van der Waals surface area (Å²) in [7, 11) is 1.69. The molecule has 1 N–H and O–H groups in total. The summed E-state index contributed by atoms with van der Waals surface area (Å²) in [5.74, 6) is -0.0298. The number of carboxylic acid groups (broad SMARTS) is 1. The summed E-state index contributed by atoms with van der Waals surface area (Å²) in [6, 6.07) is 5.75. The van der Waals surface area contributed by atoms with Gasteiger partial charge in [-0.25, -0.2) is 9.59 Å². The van der Waals surface area contributed by atoms with Crippen LogP contribution in [0.1, 0.15) is 24.3 Å². The number of amides is 1. The highest BCUT2D eigenvalue weighted by Crippen LogP contribution is 2.29. The third-order valence-electron chi connectivity index (χ3n) is 4.05. The van der Waals surface area contributed by atoms with Crippen molar-refractivity contribution in [3.8, 4) is 0 Å². The predicted octanol–water partition coefficient (Wildman–Crippen LogP) is 1.99. The van der Waals surface area contributed by atoms with Gasteiger partial charge >= 0.3 is 11.8 Å². The molecule has 20 heavy (non-hydrogen) atoms. The number of fused-ring (bicyclic) bond motifs is 1. The van der Waals surface area contributed by atoms with Crippen LogP contribution >= 0.6 is 0 Å². The molecule has 0 aliphatic carbocycles. The maximum absolute atomic E-state index is 11.5. The fourth-order valence-electron chi connectivity index (χ4n) is 2.80. The zero-order chi connectivity index (χ0) is 14.3. The highest BCUT2D eigenvalue weighted by Gasteiger charge is 2.23. The summed E-state index contributed by atoms with van der Waals surface area (Å²) in [6.07, 6.45) is 0.767. The number of piperidine rings is 1. The van der Waals surface area contributed by atoms with E-state index in [1.54, 1.807) is 7.05 Å². The smallest absolute Gasteiger partial charge is 0.419 e. The Morgan fingerprint density at radius 1 is 1.35 bits per heavy atom. The lowest BCUT2D eigenvalue weighted by atomic mass is 9.89. The largest absolute Gasteiger partial charge is 0.465 e. The van der Waals surface area contributed by atoms with E-state index in [1.165, 1.54) is 9.47 Å². The quantitative estimate of drug-likeness (QED) is 0.864. The van der Waals surface area contributed by atoms with Gasteiger partial charge in [0.2, 0.25) is 0 Å². The van der Waals surface area contributed by atoms with Crippen molar-refractivity contribution < 1.29 is 14.3 Å². The van der Waals surface area contributed by atoms with Crippen LogP contribution in [0.3, 0.4) is 0 Å². The van der Waals surface area contributed by atoms with Gasteiger partial charge in [-0.05, 0) is 36.5 Å². The maximum atomic E-state index is 11.5. The van der Waals surface area contributed by atoms with Gasteiger partial charge in [0, 0.05) is 20.1 Å². The van der Waals surface area contributed by atoms with Crippen molar-refractivity contribution in [1.82, 2.24) is 9.47 Å². The maximum Gasteiger partial charge on any atom is 0.419 e. The van der Waals surface area contributed by atoms with Gasteiger partial charge in [0.1, 0.15) is 0 Å². The molecule has 1 aromatic carbocycles. The highest BCUT2D eigenvalue weighted by molar-refractivity contribution is 5.74. The second-order valence-corrected chi connectivity index (χ2v) is 5.20. The number of aromatic nitrogens is 1. The van der Waals surface area contributed by atoms with Crippen molar-refractivity contribution in [2.45, 2.75) is 18.8 Å². The van der Waals surface area contributed by atoms with Crippen molar-refractivity contribution in [2.75, 3.05) is 13.1 Å². The van der Waals surface area contributed by atoms with Crippen LogP contribution in [0.2, 0.25) is 0 Å². The van der Waals surface area contributed by atoms with Gasteiger partial charge in [0.15, 0.2) is 5.58 Å². The average Bonchev–Trinajstić information content (AvgIpc) is 2.74. The number of hydrogen-bond donors (Lipinski definition) is 1. The van der Waals surface area contributed by atoms with Gasteiger partial charge in [-0.1, -0.05) is 6.07 Å². The van der Waals surface area contributed by atoms with Crippen LogP contribution in [0.5, 0.6) is 0 Å². The minimum Gasteiger partial charge on any atom is -0.465 e. The molecule has 0 radical (unpaired) electrons. The first kappa shape index (κ1) is 12.8. The third kappa shape index (κ3) is 2.07. The Hall–Kier alpha value is -2.24. The molecule has 0 atom stereocenters. The first-order chi connectivity index (χ1) is 9.56. The molecule has 6 heteroatoms. The van der Waals surface area contributed by atoms with Crippen molar-refractivity contribution in [1.29, 1.82) is 0 Å². The lowest BCUT2D eigenvalue weighted by molar-refractivity contribution is 0.132. The minimum atomic E-state index is -0.851. The van der Waals surface area contributed by atoms with Crippen molar-refractivity contribution in [3.63, 3.8) is 0 Å². The number of oxazole rings is 1. The Bertz CT molecular complexity index is 708. The Morgan fingerprint density at radius 2 is 2.05 bits per heavy atom. The fraction of sp³-hybridized carbons (Fsp3) is 0.429. The Morgan fingerprint density at radius 3 is 2.70 bits per heavy atom. The molecule has 2 heterocycles. The molecule has 0 saturated carbocycles. The molecule has 1 saturated heterocycles. The third-order valence-corrected chi connectivity index (χ3v) is 4.05. The van der Waals surface area contributed by atoms with Crippen LogP contribution in [0, 0.1) is 0 Å². The topological polar surface area (TPSA) is 75.7 Å². The monoisotopic (exact) mass is 276 g/mol. The highest BCUT2D eigenvalue weighted by atomic mass is 16.4. The van der Waals surface area contributed by atoms with Gasteiger partial charge < -0.3 is 14.4 Å². The SMILES string of the molecule is Cn1c(=O)oc2ccc(C3CCN(C(=O)O)CC3)cc21. The zero-order valence-electron chi connectivity index (χ0n) is 11.2. The first-order valence-electron chi connectivity index (χ1n) is 6.63. The lowest BCUT2D eigenvalue weighted by Crippen LogP contribution is -2.36. The first-order valence-corrected chi connectivity index (χ1v) is 6.63. The summed E-state index contributed by atoms with van der Waals surface area (Å²) < 4.78 is 6.60. The molecular weight excluding hydrogens is 260 g/mol. The Labute approximate surface area is 115 Å². The van der Waals surface area contributed by atoms with Crippen LogP contribution in [-0.4, -0.2) is 33.8 Å². The van der Waals surface area contributed by atoms with Gasteiger partial charge in [0.05, 0.1) is 5.52 Å². The van der Waals surface area contributed by atoms with E-state index in [0.717, 1.165) is 23.9 Å². The molecule has 1 amide bonds. The van der Waals surface area contributed by atoms with Crippen molar-refractivity contribution in [2.24, 2.45) is 7.05 Å². The summed E-state index contributed by atoms with van der Waals surface area (Å²) in [5, 5.41) is 8.95. The van der Waals surface area contributed by atoms with E-state index in [2.05, 4.69) is 0 Å². The summed E-state index contributed by atoms with van der Waals surface area (Å²) in [4.78, 5) is 23.8. The van der Waals surface area contributed by atoms with Gasteiger partial charge in [0.25, 0.3) is 0 Å². The standard InChI is InChI=1S/C14H16N2O4/c1-15-11-8-10(2-3-12(11)20-14(15)19)9-4-6-16(7-5-9)13(17)18/h2-3,8-9H,4-7H2,1H3,(H,17,18). The molecule has 3 rings (SSSR count). The molecule has 0 spiro atoms. The molecule has 2 aromatic rings. The predicted molar refractivity (Wildman–Crippen MR) is 73.0 cm³/mol. The Kier molecular flexibility index (Phi) is 3.00. The van der Waals surface area contributed by atoms with Crippen LogP contribution in [0.25, 0.3) is 11.1 Å². The molecule has 6 nitrogen and oxygen atoms in total. The Balaban J connectivity index is 1.86. The van der Waals surface area contributed by atoms with Crippen molar-refractivity contribution in [3.05, 3.63) is 34.3 Å². The number of benzene rings is 1. The van der Waals surface area contributed by atoms with Gasteiger partial charge in [-0.2, -0.15) is 0 Å². The van der Waals surface area contributed by atoms with Crippen LogP contribution in [-0.2, 0) is 7.05 Å². The summed E-state index contributed by atoms with van der Waals surface area (Å²) >= 11 is 0. The van der Waals surface area contributed by atoms with Crippen LogP contribution in [0.4, 0.5) is 4.79 Å². The number of rotatable bonds is 1. The number of carbonyl (C=O) groups is 1. The molecular formula is C14H16N2O4. The minimum absolute atomic E-state index is 0.333. The fourth-order valence-corrected chi connectivity index (χ4v) is 2.80. The number of aryl methyl sites for hydroxylation is 1. The van der Waals surface area contributed by atoms with Crippen LogP contribution in [0.15, 0.2) is 27.4 Å². The molecule has 0 bridgehead atoms. The van der Waals surface area contributed by atoms with E-state index in [0.29, 0.717) is 24.6 Å². The van der Waals surface area contributed by atoms with E-state index < -0.39 is 6.09 Å². The van der Waals surface area contributed by atoms with E-state index >= 15 is 0 Å². The number of nitrogens with zero attached hydrogens (tertiary/aromatic N) is 2. The lowest BCUT2D eigenvalue weighted by Gasteiger charge is -2.30. The van der Waals surface area contributed by atoms with Gasteiger partial charge in [-0.3, -0.25) is 4.57 Å². The molecule has 0 unspecified atom stereocenters. The molecule has 1 aromatic heterocycles. The van der Waals surface area contributed by atoms with E-state index in [4.69, 9.17) is 9.52 Å².